The number of H-pyrrole nitrogens is 1. The maximum Gasteiger partial charge on any atom is 0.258 e. The van der Waals surface area contributed by atoms with Crippen molar-refractivity contribution in [3.63, 3.8) is 0 Å². The van der Waals surface area contributed by atoms with Crippen LogP contribution in [0.4, 0.5) is 5.69 Å². The Bertz CT molecular complexity index is 836. The van der Waals surface area contributed by atoms with Gasteiger partial charge < -0.3 is 10.3 Å². The molecular weight excluding hydrogens is 276 g/mol. The van der Waals surface area contributed by atoms with Crippen molar-refractivity contribution in [1.82, 2.24) is 14.8 Å². The van der Waals surface area contributed by atoms with Crippen LogP contribution in [0.5, 0.6) is 0 Å². The lowest BCUT2D eigenvalue weighted by Crippen LogP contribution is -2.22. The summed E-state index contributed by atoms with van der Waals surface area (Å²) in [7, 11) is 0. The van der Waals surface area contributed by atoms with E-state index in [2.05, 4.69) is 21.5 Å². The number of aromatic nitrogens is 3. The molecule has 0 fully saturated rings. The zero-order valence-electron chi connectivity index (χ0n) is 13.3. The largest absolute Gasteiger partial charge is 0.359 e. The predicted octanol–water partition coefficient (Wildman–Crippen LogP) is 3.68. The third-order valence-electron chi connectivity index (χ3n) is 3.55. The average Bonchev–Trinajstić information content (AvgIpc) is 3.02. The number of rotatable bonds is 2. The summed E-state index contributed by atoms with van der Waals surface area (Å²) in [6.07, 6.45) is 3.37. The van der Waals surface area contributed by atoms with E-state index in [0.717, 1.165) is 22.3 Å². The van der Waals surface area contributed by atoms with Gasteiger partial charge in [-0.2, -0.15) is 5.10 Å². The highest BCUT2D eigenvalue weighted by Gasteiger charge is 2.16. The van der Waals surface area contributed by atoms with Gasteiger partial charge in [0, 0.05) is 28.5 Å². The Morgan fingerprint density at radius 3 is 2.73 bits per heavy atom. The van der Waals surface area contributed by atoms with Crippen molar-refractivity contribution in [2.75, 3.05) is 5.32 Å². The molecule has 22 heavy (non-hydrogen) atoms. The molecule has 2 aromatic heterocycles. The Morgan fingerprint density at radius 2 is 2.05 bits per heavy atom. The highest BCUT2D eigenvalue weighted by atomic mass is 16.1. The number of nitrogens with one attached hydrogen (secondary N) is 2. The second-order valence-corrected chi connectivity index (χ2v) is 6.55. The molecule has 0 aliphatic heterocycles. The molecule has 0 saturated carbocycles. The first-order valence-corrected chi connectivity index (χ1v) is 7.29. The van der Waals surface area contributed by atoms with Gasteiger partial charge in [-0.25, -0.2) is 0 Å². The molecule has 1 amide bonds. The van der Waals surface area contributed by atoms with Crippen molar-refractivity contribution >= 4 is 22.5 Å². The summed E-state index contributed by atoms with van der Waals surface area (Å²) in [5, 5.41) is 8.26. The Balaban J connectivity index is 1.81. The molecule has 3 rings (SSSR count). The Kier molecular flexibility index (Phi) is 3.28. The minimum absolute atomic E-state index is 0.139. The fraction of sp³-hybridized carbons (Fsp3) is 0.294. The molecule has 0 saturated heterocycles. The van der Waals surface area contributed by atoms with Gasteiger partial charge in [0.2, 0.25) is 0 Å². The van der Waals surface area contributed by atoms with Crippen LogP contribution >= 0.6 is 0 Å². The van der Waals surface area contributed by atoms with E-state index in [1.165, 1.54) is 0 Å². The van der Waals surface area contributed by atoms with E-state index in [-0.39, 0.29) is 11.4 Å². The van der Waals surface area contributed by atoms with Gasteiger partial charge >= 0.3 is 0 Å². The van der Waals surface area contributed by atoms with E-state index in [1.807, 2.05) is 45.9 Å². The van der Waals surface area contributed by atoms with Crippen LogP contribution in [-0.4, -0.2) is 20.7 Å². The lowest BCUT2D eigenvalue weighted by atomic mass is 10.1. The molecule has 2 N–H and O–H groups in total. The molecule has 5 heteroatoms. The highest BCUT2D eigenvalue weighted by molar-refractivity contribution is 6.04. The standard InChI is InChI=1S/C17H20N4O/c1-11-7-12-8-14(5-6-15(12)19-11)20-16(22)13-9-18-21(10-13)17(2,3)4/h5-10,19H,1-4H3,(H,20,22). The smallest absolute Gasteiger partial charge is 0.258 e. The Labute approximate surface area is 129 Å². The summed E-state index contributed by atoms with van der Waals surface area (Å²) in [4.78, 5) is 15.6. The number of anilines is 1. The topological polar surface area (TPSA) is 62.7 Å². The van der Waals surface area contributed by atoms with E-state index in [0.29, 0.717) is 5.56 Å². The van der Waals surface area contributed by atoms with Crippen molar-refractivity contribution in [2.45, 2.75) is 33.2 Å². The second kappa shape index (κ2) is 5.02. The second-order valence-electron chi connectivity index (χ2n) is 6.55. The summed E-state index contributed by atoms with van der Waals surface area (Å²) < 4.78 is 1.79. The molecule has 2 heterocycles. The molecule has 0 bridgehead atoms. The Hall–Kier alpha value is -2.56. The predicted molar refractivity (Wildman–Crippen MR) is 88.2 cm³/mol. The summed E-state index contributed by atoms with van der Waals surface area (Å²) in [5.74, 6) is -0.151. The first-order valence-electron chi connectivity index (χ1n) is 7.29. The van der Waals surface area contributed by atoms with Crippen molar-refractivity contribution in [2.24, 2.45) is 0 Å². The third kappa shape index (κ3) is 2.74. The highest BCUT2D eigenvalue weighted by Crippen LogP contribution is 2.20. The lowest BCUT2D eigenvalue weighted by Gasteiger charge is -2.18. The average molecular weight is 296 g/mol. The molecule has 114 valence electrons. The number of aryl methyl sites for hydroxylation is 1. The van der Waals surface area contributed by atoms with Crippen LogP contribution < -0.4 is 5.32 Å². The van der Waals surface area contributed by atoms with Crippen molar-refractivity contribution in [3.8, 4) is 0 Å². The summed E-state index contributed by atoms with van der Waals surface area (Å²) in [5.41, 5.74) is 3.36. The normalized spacial score (nSPS) is 11.8. The number of hydrogen-bond acceptors (Lipinski definition) is 2. The van der Waals surface area contributed by atoms with Crippen LogP contribution in [0.1, 0.15) is 36.8 Å². The number of carbonyl (C=O) groups excluding carboxylic acids is 1. The van der Waals surface area contributed by atoms with Crippen LogP contribution in [0.2, 0.25) is 0 Å². The number of fused-ring (bicyclic) bond motifs is 1. The number of nitrogens with zero attached hydrogens (tertiary/aromatic N) is 2. The van der Waals surface area contributed by atoms with Crippen molar-refractivity contribution in [3.05, 3.63) is 47.9 Å². The van der Waals surface area contributed by atoms with Gasteiger partial charge in [0.1, 0.15) is 0 Å². The minimum atomic E-state index is -0.151. The van der Waals surface area contributed by atoms with Gasteiger partial charge in [0.15, 0.2) is 0 Å². The summed E-state index contributed by atoms with van der Waals surface area (Å²) >= 11 is 0. The molecule has 0 aliphatic carbocycles. The van der Waals surface area contributed by atoms with Crippen LogP contribution in [-0.2, 0) is 5.54 Å². The maximum absolute atomic E-state index is 12.3. The quantitative estimate of drug-likeness (QED) is 0.757. The molecule has 5 nitrogen and oxygen atoms in total. The molecule has 0 atom stereocenters. The fourth-order valence-corrected chi connectivity index (χ4v) is 2.37. The molecule has 0 aliphatic rings. The molecule has 0 radical (unpaired) electrons. The van der Waals surface area contributed by atoms with Gasteiger partial charge in [-0.1, -0.05) is 0 Å². The van der Waals surface area contributed by atoms with Gasteiger partial charge in [0.25, 0.3) is 5.91 Å². The first-order chi connectivity index (χ1) is 10.3. The summed E-state index contributed by atoms with van der Waals surface area (Å²) in [6.45, 7) is 8.15. The van der Waals surface area contributed by atoms with Crippen molar-refractivity contribution in [1.29, 1.82) is 0 Å². The molecule has 0 spiro atoms. The number of amides is 1. The van der Waals surface area contributed by atoms with Crippen molar-refractivity contribution < 1.29 is 4.79 Å². The fourth-order valence-electron chi connectivity index (χ4n) is 2.37. The van der Waals surface area contributed by atoms with Gasteiger partial charge in [-0.15, -0.1) is 0 Å². The molecular formula is C17H20N4O. The minimum Gasteiger partial charge on any atom is -0.359 e. The maximum atomic E-state index is 12.3. The van der Waals surface area contributed by atoms with Gasteiger partial charge in [-0.3, -0.25) is 9.48 Å². The summed E-state index contributed by atoms with van der Waals surface area (Å²) in [6, 6.07) is 7.88. The van der Waals surface area contributed by atoms with E-state index < -0.39 is 0 Å². The van der Waals surface area contributed by atoms with Crippen LogP contribution in [0.15, 0.2) is 36.7 Å². The van der Waals surface area contributed by atoms with Crippen LogP contribution in [0, 0.1) is 6.92 Å². The molecule has 0 unspecified atom stereocenters. The number of carbonyl (C=O) groups is 1. The number of aromatic amines is 1. The third-order valence-corrected chi connectivity index (χ3v) is 3.55. The first kappa shape index (κ1) is 14.4. The Morgan fingerprint density at radius 1 is 1.27 bits per heavy atom. The molecule has 3 aromatic rings. The monoisotopic (exact) mass is 296 g/mol. The van der Waals surface area contributed by atoms with E-state index in [9.17, 15) is 4.79 Å². The zero-order valence-corrected chi connectivity index (χ0v) is 13.3. The lowest BCUT2D eigenvalue weighted by molar-refractivity contribution is 0.102. The number of benzene rings is 1. The molecule has 1 aromatic carbocycles. The van der Waals surface area contributed by atoms with Crippen LogP contribution in [0.25, 0.3) is 10.9 Å². The van der Waals surface area contributed by atoms with E-state index in [1.54, 1.807) is 17.1 Å². The SMILES string of the molecule is Cc1cc2cc(NC(=O)c3cnn(C(C)(C)C)c3)ccc2[nH]1. The van der Waals surface area contributed by atoms with E-state index in [4.69, 9.17) is 0 Å². The van der Waals surface area contributed by atoms with E-state index >= 15 is 0 Å². The van der Waals surface area contributed by atoms with Gasteiger partial charge in [0.05, 0.1) is 17.3 Å². The van der Waals surface area contributed by atoms with Gasteiger partial charge in [-0.05, 0) is 52.0 Å². The van der Waals surface area contributed by atoms with Crippen LogP contribution in [0.3, 0.4) is 0 Å². The zero-order chi connectivity index (χ0) is 15.9. The number of hydrogen-bond donors (Lipinski definition) is 2.